The maximum absolute atomic E-state index is 14.0. The van der Waals surface area contributed by atoms with Crippen molar-refractivity contribution < 1.29 is 0 Å². The summed E-state index contributed by atoms with van der Waals surface area (Å²) in [5.41, 5.74) is 19.3. The van der Waals surface area contributed by atoms with Crippen LogP contribution in [0, 0.1) is 13.8 Å². The Bertz CT molecular complexity index is 1880. The largest absolute Gasteiger partial charge is 0.383 e. The molecule has 0 aliphatic heterocycles. The number of hydrogen-bond donors (Lipinski definition) is 2. The van der Waals surface area contributed by atoms with Gasteiger partial charge >= 0.3 is 0 Å². The molecule has 0 unspecified atom stereocenters. The van der Waals surface area contributed by atoms with E-state index in [0.717, 1.165) is 61.0 Å². The first-order valence-electron chi connectivity index (χ1n) is 12.6. The third-order valence-electron chi connectivity index (χ3n) is 7.16. The highest BCUT2D eigenvalue weighted by atomic mass is 16.1. The Labute approximate surface area is 220 Å². The summed E-state index contributed by atoms with van der Waals surface area (Å²) in [5, 5.41) is 7.42. The average Bonchev–Trinajstić information content (AvgIpc) is 3.29. The lowest BCUT2D eigenvalue weighted by Crippen LogP contribution is -2.25. The monoisotopic (exact) mass is 500 g/mol. The normalized spacial score (nSPS) is 11.4. The highest BCUT2D eigenvalue weighted by Crippen LogP contribution is 2.32. The second kappa shape index (κ2) is 9.28. The molecular formula is C31H28N6O. The average molecular weight is 501 g/mol. The molecule has 0 spiro atoms. The fourth-order valence-corrected chi connectivity index (χ4v) is 5.21. The third kappa shape index (κ3) is 3.84. The molecule has 6 aromatic rings. The zero-order chi connectivity index (χ0) is 26.4. The molecule has 0 saturated carbocycles. The first-order chi connectivity index (χ1) is 18.5. The molecule has 0 fully saturated rings. The number of benzene rings is 3. The van der Waals surface area contributed by atoms with Crippen molar-refractivity contribution in [2.24, 2.45) is 5.73 Å². The molecule has 0 bridgehead atoms. The summed E-state index contributed by atoms with van der Waals surface area (Å²) >= 11 is 0. The number of anilines is 1. The van der Waals surface area contributed by atoms with Gasteiger partial charge in [-0.1, -0.05) is 60.7 Å². The van der Waals surface area contributed by atoms with E-state index in [-0.39, 0.29) is 5.56 Å². The Morgan fingerprint density at radius 3 is 2.39 bits per heavy atom. The van der Waals surface area contributed by atoms with Gasteiger partial charge in [-0.15, -0.1) is 0 Å². The van der Waals surface area contributed by atoms with Crippen LogP contribution in [0.1, 0.15) is 22.4 Å². The van der Waals surface area contributed by atoms with E-state index < -0.39 is 0 Å². The molecule has 0 aliphatic carbocycles. The van der Waals surface area contributed by atoms with Gasteiger partial charge in [0.1, 0.15) is 11.5 Å². The number of pyridine rings is 2. The highest BCUT2D eigenvalue weighted by Gasteiger charge is 2.19. The summed E-state index contributed by atoms with van der Waals surface area (Å²) in [4.78, 5) is 18.3. The van der Waals surface area contributed by atoms with E-state index in [2.05, 4.69) is 11.1 Å². The van der Waals surface area contributed by atoms with Gasteiger partial charge in [0.05, 0.1) is 28.5 Å². The molecule has 0 atom stereocenters. The predicted octanol–water partition coefficient (Wildman–Crippen LogP) is 5.11. The fraction of sp³-hybridized carbons (Fsp3) is 0.129. The van der Waals surface area contributed by atoms with Gasteiger partial charge in [-0.05, 0) is 54.1 Å². The van der Waals surface area contributed by atoms with E-state index in [9.17, 15) is 4.79 Å². The molecule has 3 heterocycles. The topological polar surface area (TPSA) is 105 Å². The van der Waals surface area contributed by atoms with E-state index in [1.165, 1.54) is 0 Å². The van der Waals surface area contributed by atoms with Crippen LogP contribution in [0.5, 0.6) is 0 Å². The van der Waals surface area contributed by atoms with E-state index in [0.29, 0.717) is 18.9 Å². The van der Waals surface area contributed by atoms with Gasteiger partial charge in [0.25, 0.3) is 5.56 Å². The van der Waals surface area contributed by atoms with Crippen molar-refractivity contribution in [1.29, 1.82) is 0 Å². The van der Waals surface area contributed by atoms with E-state index in [4.69, 9.17) is 16.6 Å². The van der Waals surface area contributed by atoms with Crippen LogP contribution in [0.3, 0.4) is 0 Å². The minimum absolute atomic E-state index is 0.0415. The van der Waals surface area contributed by atoms with Crippen LogP contribution in [0.25, 0.3) is 38.6 Å². The van der Waals surface area contributed by atoms with Crippen LogP contribution < -0.4 is 17.0 Å². The maximum atomic E-state index is 14.0. The van der Waals surface area contributed by atoms with E-state index in [1.54, 1.807) is 6.20 Å². The Morgan fingerprint density at radius 2 is 1.63 bits per heavy atom. The lowest BCUT2D eigenvalue weighted by Gasteiger charge is -2.18. The van der Waals surface area contributed by atoms with Crippen LogP contribution in [-0.2, 0) is 13.1 Å². The van der Waals surface area contributed by atoms with E-state index >= 15 is 0 Å². The summed E-state index contributed by atoms with van der Waals surface area (Å²) in [7, 11) is 0. The molecular weight excluding hydrogens is 472 g/mol. The van der Waals surface area contributed by atoms with Crippen molar-refractivity contribution in [2.45, 2.75) is 26.9 Å². The van der Waals surface area contributed by atoms with Crippen molar-refractivity contribution in [3.05, 3.63) is 118 Å². The van der Waals surface area contributed by atoms with Gasteiger partial charge < -0.3 is 11.5 Å². The molecule has 7 heteroatoms. The Morgan fingerprint density at radius 1 is 0.868 bits per heavy atom. The zero-order valence-electron chi connectivity index (χ0n) is 21.3. The van der Waals surface area contributed by atoms with Crippen molar-refractivity contribution in [3.63, 3.8) is 0 Å². The molecule has 0 radical (unpaired) electrons. The zero-order valence-corrected chi connectivity index (χ0v) is 21.3. The quantitative estimate of drug-likeness (QED) is 0.342. The second-order valence-corrected chi connectivity index (χ2v) is 9.60. The SMILES string of the molecule is Cc1ccccc1-n1c(Cn2nc(-c3ccc(CN)cc3)c3c(N)nccc32)cc2cccc(C)c2c1=O. The summed E-state index contributed by atoms with van der Waals surface area (Å²) in [5.74, 6) is 0.414. The number of nitrogens with two attached hydrogens (primary N) is 2. The van der Waals surface area contributed by atoms with Crippen molar-refractivity contribution >= 4 is 27.5 Å². The minimum atomic E-state index is -0.0415. The number of hydrogen-bond acceptors (Lipinski definition) is 5. The number of aryl methyl sites for hydroxylation is 2. The first-order valence-corrected chi connectivity index (χ1v) is 12.6. The molecule has 0 amide bonds. The Kier molecular flexibility index (Phi) is 5.77. The first kappa shape index (κ1) is 23.6. The van der Waals surface area contributed by atoms with Gasteiger partial charge in [-0.3, -0.25) is 14.0 Å². The highest BCUT2D eigenvalue weighted by molar-refractivity contribution is 6.00. The van der Waals surface area contributed by atoms with Crippen LogP contribution in [-0.4, -0.2) is 19.3 Å². The summed E-state index contributed by atoms with van der Waals surface area (Å²) in [6.07, 6.45) is 1.69. The molecule has 3 aromatic heterocycles. The maximum Gasteiger partial charge on any atom is 0.263 e. The van der Waals surface area contributed by atoms with E-state index in [1.807, 2.05) is 95.9 Å². The molecule has 3 aromatic carbocycles. The lowest BCUT2D eigenvalue weighted by molar-refractivity contribution is 0.678. The van der Waals surface area contributed by atoms with Gasteiger partial charge in [0, 0.05) is 24.0 Å². The van der Waals surface area contributed by atoms with Crippen molar-refractivity contribution in [2.75, 3.05) is 5.73 Å². The summed E-state index contributed by atoms with van der Waals surface area (Å²) in [6, 6.07) is 25.9. The molecule has 7 nitrogen and oxygen atoms in total. The lowest BCUT2D eigenvalue weighted by atomic mass is 10.1. The molecule has 0 aliphatic rings. The third-order valence-corrected chi connectivity index (χ3v) is 7.16. The van der Waals surface area contributed by atoms with Gasteiger partial charge in [0.15, 0.2) is 0 Å². The van der Waals surface area contributed by atoms with Crippen LogP contribution >= 0.6 is 0 Å². The number of rotatable bonds is 5. The minimum Gasteiger partial charge on any atom is -0.383 e. The molecule has 0 saturated heterocycles. The van der Waals surface area contributed by atoms with Gasteiger partial charge in [-0.2, -0.15) is 5.10 Å². The molecule has 188 valence electrons. The molecule has 4 N–H and O–H groups in total. The second-order valence-electron chi connectivity index (χ2n) is 9.60. The van der Waals surface area contributed by atoms with Crippen molar-refractivity contribution in [3.8, 4) is 16.9 Å². The smallest absolute Gasteiger partial charge is 0.263 e. The standard InChI is InChI=1S/C31H28N6O/c1-19-6-3-4-9-25(19)37-24(16-23-8-5-7-20(2)27(23)31(37)38)18-36-26-14-15-34-30(33)28(26)29(35-36)22-12-10-21(17-32)11-13-22/h3-16H,17-18,32H2,1-2H3,(H2,33,34). The van der Waals surface area contributed by atoms with Gasteiger partial charge in [-0.25, -0.2) is 4.98 Å². The fourth-order valence-electron chi connectivity index (χ4n) is 5.21. The predicted molar refractivity (Wildman–Crippen MR) is 153 cm³/mol. The van der Waals surface area contributed by atoms with Crippen molar-refractivity contribution in [1.82, 2.24) is 19.3 Å². The van der Waals surface area contributed by atoms with Gasteiger partial charge in [0.2, 0.25) is 0 Å². The summed E-state index contributed by atoms with van der Waals surface area (Å²) in [6.45, 7) is 4.84. The summed E-state index contributed by atoms with van der Waals surface area (Å²) < 4.78 is 3.73. The van der Waals surface area contributed by atoms with Crippen LogP contribution in [0.4, 0.5) is 5.82 Å². The number of fused-ring (bicyclic) bond motifs is 2. The number of aromatic nitrogens is 4. The molecule has 6 rings (SSSR count). The Hall–Kier alpha value is -4.75. The Balaban J connectivity index is 1.60. The molecule has 38 heavy (non-hydrogen) atoms. The van der Waals surface area contributed by atoms with Crippen LogP contribution in [0.2, 0.25) is 0 Å². The number of para-hydroxylation sites is 1. The number of nitrogen functional groups attached to an aromatic ring is 1. The van der Waals surface area contributed by atoms with Crippen LogP contribution in [0.15, 0.2) is 89.9 Å². The number of nitrogens with zero attached hydrogens (tertiary/aromatic N) is 4.